The van der Waals surface area contributed by atoms with Crippen molar-refractivity contribution in [3.8, 4) is 0 Å². The molecular formula is C21H31F2IN6. The Hall–Kier alpha value is -1.91. The van der Waals surface area contributed by atoms with E-state index in [1.165, 1.54) is 17.8 Å². The van der Waals surface area contributed by atoms with Gasteiger partial charge in [0, 0.05) is 57.2 Å². The highest BCUT2D eigenvalue weighted by atomic mass is 127. The third kappa shape index (κ3) is 6.55. The van der Waals surface area contributed by atoms with Gasteiger partial charge in [-0.05, 0) is 50.8 Å². The summed E-state index contributed by atoms with van der Waals surface area (Å²) in [5.74, 6) is -0.394. The van der Waals surface area contributed by atoms with E-state index in [-0.39, 0.29) is 24.0 Å². The SMILES string of the molecule is CN=C(NCCCn1nc(C)cc1C)NCC1CCN(c2ccc(F)c(F)c2)C1.I. The number of benzene rings is 1. The first-order chi connectivity index (χ1) is 14.0. The summed E-state index contributed by atoms with van der Waals surface area (Å²) >= 11 is 0. The van der Waals surface area contributed by atoms with Crippen LogP contribution in [0.4, 0.5) is 14.5 Å². The number of anilines is 1. The van der Waals surface area contributed by atoms with E-state index in [4.69, 9.17) is 0 Å². The Bertz CT molecular complexity index is 854. The second kappa shape index (κ2) is 11.5. The number of aryl methyl sites for hydroxylation is 3. The maximum absolute atomic E-state index is 13.5. The molecule has 1 aromatic carbocycles. The molecule has 9 heteroatoms. The second-order valence-corrected chi connectivity index (χ2v) is 7.58. The highest BCUT2D eigenvalue weighted by Gasteiger charge is 2.23. The van der Waals surface area contributed by atoms with Crippen LogP contribution in [0.5, 0.6) is 0 Å². The largest absolute Gasteiger partial charge is 0.371 e. The number of hydrogen-bond donors (Lipinski definition) is 2. The zero-order valence-electron chi connectivity index (χ0n) is 17.8. The van der Waals surface area contributed by atoms with E-state index in [1.54, 1.807) is 13.1 Å². The fraction of sp³-hybridized carbons (Fsp3) is 0.524. The summed E-state index contributed by atoms with van der Waals surface area (Å²) in [5.41, 5.74) is 2.96. The Kier molecular flexibility index (Phi) is 9.32. The highest BCUT2D eigenvalue weighted by Crippen LogP contribution is 2.24. The van der Waals surface area contributed by atoms with Crippen molar-refractivity contribution < 1.29 is 8.78 Å². The zero-order valence-corrected chi connectivity index (χ0v) is 20.1. The molecule has 0 spiro atoms. The van der Waals surface area contributed by atoms with Gasteiger partial charge in [-0.2, -0.15) is 5.10 Å². The molecule has 1 aliphatic heterocycles. The third-order valence-electron chi connectivity index (χ3n) is 5.28. The van der Waals surface area contributed by atoms with Gasteiger partial charge in [-0.25, -0.2) is 8.78 Å². The molecule has 0 aliphatic carbocycles. The van der Waals surface area contributed by atoms with Gasteiger partial charge in [-0.1, -0.05) is 0 Å². The van der Waals surface area contributed by atoms with Gasteiger partial charge in [0.15, 0.2) is 17.6 Å². The maximum atomic E-state index is 13.5. The van der Waals surface area contributed by atoms with Gasteiger partial charge in [-0.3, -0.25) is 9.67 Å². The van der Waals surface area contributed by atoms with Gasteiger partial charge in [-0.15, -0.1) is 24.0 Å². The van der Waals surface area contributed by atoms with Crippen LogP contribution in [0.15, 0.2) is 29.3 Å². The number of aliphatic imine (C=N–C) groups is 1. The fourth-order valence-corrected chi connectivity index (χ4v) is 3.71. The minimum absolute atomic E-state index is 0. The van der Waals surface area contributed by atoms with E-state index in [0.29, 0.717) is 5.92 Å². The lowest BCUT2D eigenvalue weighted by molar-refractivity contribution is 0.508. The molecule has 0 radical (unpaired) electrons. The van der Waals surface area contributed by atoms with Crippen LogP contribution >= 0.6 is 24.0 Å². The summed E-state index contributed by atoms with van der Waals surface area (Å²) in [7, 11) is 1.76. The van der Waals surface area contributed by atoms with Crippen molar-refractivity contribution in [3.63, 3.8) is 0 Å². The lowest BCUT2D eigenvalue weighted by Crippen LogP contribution is -2.40. The molecule has 2 N–H and O–H groups in total. The highest BCUT2D eigenvalue weighted by molar-refractivity contribution is 14.0. The van der Waals surface area contributed by atoms with E-state index < -0.39 is 11.6 Å². The van der Waals surface area contributed by atoms with Crippen LogP contribution < -0.4 is 15.5 Å². The Morgan fingerprint density at radius 2 is 2.00 bits per heavy atom. The number of hydrogen-bond acceptors (Lipinski definition) is 3. The summed E-state index contributed by atoms with van der Waals surface area (Å²) in [4.78, 5) is 6.38. The molecule has 1 aliphatic rings. The smallest absolute Gasteiger partial charge is 0.190 e. The molecule has 1 unspecified atom stereocenters. The number of guanidine groups is 1. The van der Waals surface area contributed by atoms with E-state index >= 15 is 0 Å². The van der Waals surface area contributed by atoms with Crippen molar-refractivity contribution in [1.82, 2.24) is 20.4 Å². The Labute approximate surface area is 194 Å². The first kappa shape index (κ1) is 24.4. The number of halogens is 3. The molecule has 0 bridgehead atoms. The number of aromatic nitrogens is 2. The van der Waals surface area contributed by atoms with Crippen molar-refractivity contribution in [1.29, 1.82) is 0 Å². The molecule has 6 nitrogen and oxygen atoms in total. The Morgan fingerprint density at radius 1 is 1.20 bits per heavy atom. The van der Waals surface area contributed by atoms with E-state index in [2.05, 4.69) is 38.6 Å². The molecule has 2 aromatic rings. The van der Waals surface area contributed by atoms with Crippen LogP contribution in [0.25, 0.3) is 0 Å². The second-order valence-electron chi connectivity index (χ2n) is 7.58. The van der Waals surface area contributed by atoms with Crippen molar-refractivity contribution in [3.05, 3.63) is 47.3 Å². The lowest BCUT2D eigenvalue weighted by Gasteiger charge is -2.19. The molecule has 30 heavy (non-hydrogen) atoms. The Morgan fingerprint density at radius 3 is 2.67 bits per heavy atom. The molecule has 3 rings (SSSR count). The van der Waals surface area contributed by atoms with Gasteiger partial charge in [0.1, 0.15) is 0 Å². The van der Waals surface area contributed by atoms with Gasteiger partial charge in [0.2, 0.25) is 0 Å². The topological polar surface area (TPSA) is 57.5 Å². The standard InChI is InChI=1S/C21H30F2N6.HI/c1-15-11-16(2)29(27-15)9-4-8-25-21(24-3)26-13-17-7-10-28(14-17)18-5-6-19(22)20(23)12-18;/h5-6,11-12,17H,4,7-10,13-14H2,1-3H3,(H2,24,25,26);1H. The lowest BCUT2D eigenvalue weighted by atomic mass is 10.1. The minimum atomic E-state index is -0.807. The zero-order chi connectivity index (χ0) is 20.8. The summed E-state index contributed by atoms with van der Waals surface area (Å²) in [6.07, 6.45) is 1.96. The first-order valence-electron chi connectivity index (χ1n) is 10.1. The number of nitrogens with one attached hydrogen (secondary N) is 2. The number of nitrogens with zero attached hydrogens (tertiary/aromatic N) is 4. The van der Waals surface area contributed by atoms with Crippen molar-refractivity contribution in [2.24, 2.45) is 10.9 Å². The van der Waals surface area contributed by atoms with E-state index in [9.17, 15) is 8.78 Å². The summed E-state index contributed by atoms with van der Waals surface area (Å²) in [5, 5.41) is 11.2. The quantitative estimate of drug-likeness (QED) is 0.248. The van der Waals surface area contributed by atoms with Gasteiger partial charge in [0.05, 0.1) is 5.69 Å². The monoisotopic (exact) mass is 532 g/mol. The molecule has 2 heterocycles. The van der Waals surface area contributed by atoms with Crippen molar-refractivity contribution >= 4 is 35.6 Å². The summed E-state index contributed by atoms with van der Waals surface area (Å²) in [6.45, 7) is 8.19. The maximum Gasteiger partial charge on any atom is 0.190 e. The van der Waals surface area contributed by atoms with Crippen LogP contribution in [0.3, 0.4) is 0 Å². The normalized spacial score (nSPS) is 16.5. The predicted molar refractivity (Wildman–Crippen MR) is 128 cm³/mol. The van der Waals surface area contributed by atoms with Gasteiger partial charge < -0.3 is 15.5 Å². The van der Waals surface area contributed by atoms with Crippen LogP contribution in [-0.2, 0) is 6.54 Å². The van der Waals surface area contributed by atoms with E-state index in [1.807, 2.05) is 11.6 Å². The predicted octanol–water partition coefficient (Wildman–Crippen LogP) is 3.48. The molecule has 166 valence electrons. The average Bonchev–Trinajstić information content (AvgIpc) is 3.29. The van der Waals surface area contributed by atoms with Crippen LogP contribution in [0.1, 0.15) is 24.2 Å². The molecule has 1 saturated heterocycles. The Balaban J connectivity index is 0.00000320. The van der Waals surface area contributed by atoms with Crippen molar-refractivity contribution in [2.45, 2.75) is 33.2 Å². The van der Waals surface area contributed by atoms with Crippen LogP contribution in [-0.4, -0.2) is 49.0 Å². The first-order valence-corrected chi connectivity index (χ1v) is 10.1. The molecule has 0 amide bonds. The molecule has 1 aromatic heterocycles. The minimum Gasteiger partial charge on any atom is -0.371 e. The third-order valence-corrected chi connectivity index (χ3v) is 5.28. The molecule has 1 atom stereocenters. The molecular weight excluding hydrogens is 501 g/mol. The average molecular weight is 532 g/mol. The summed E-state index contributed by atoms with van der Waals surface area (Å²) < 4.78 is 28.6. The summed E-state index contributed by atoms with van der Waals surface area (Å²) in [6, 6.07) is 6.18. The van der Waals surface area contributed by atoms with Crippen LogP contribution in [0, 0.1) is 31.4 Å². The number of rotatable bonds is 7. The van der Waals surface area contributed by atoms with Crippen LogP contribution in [0.2, 0.25) is 0 Å². The van der Waals surface area contributed by atoms with Gasteiger partial charge >= 0.3 is 0 Å². The van der Waals surface area contributed by atoms with Gasteiger partial charge in [0.25, 0.3) is 0 Å². The fourth-order valence-electron chi connectivity index (χ4n) is 3.71. The van der Waals surface area contributed by atoms with Crippen molar-refractivity contribution in [2.75, 3.05) is 38.1 Å². The van der Waals surface area contributed by atoms with E-state index in [0.717, 1.165) is 62.9 Å². The molecule has 0 saturated carbocycles. The molecule has 1 fully saturated rings.